The van der Waals surface area contributed by atoms with Gasteiger partial charge in [-0.2, -0.15) is 0 Å². The van der Waals surface area contributed by atoms with Crippen LogP contribution in [-0.4, -0.2) is 24.5 Å². The van der Waals surface area contributed by atoms with E-state index in [2.05, 4.69) is 27.4 Å². The summed E-state index contributed by atoms with van der Waals surface area (Å²) in [5.74, 6) is 1.49. The first-order chi connectivity index (χ1) is 13.2. The molecular weight excluding hydrogens is 352 g/mol. The fourth-order valence-electron chi connectivity index (χ4n) is 5.81. The molecule has 1 aliphatic heterocycles. The van der Waals surface area contributed by atoms with Gasteiger partial charge in [0.1, 0.15) is 17.6 Å². The number of allylic oxidation sites excluding steroid dienone is 1. The molecule has 0 aromatic heterocycles. The minimum atomic E-state index is -0.342. The highest BCUT2D eigenvalue weighted by molar-refractivity contribution is 5.85. The molecule has 4 nitrogen and oxygen atoms in total. The van der Waals surface area contributed by atoms with Crippen LogP contribution < -0.4 is 0 Å². The topological polar surface area (TPSA) is 52.6 Å². The maximum absolute atomic E-state index is 12.5. The van der Waals surface area contributed by atoms with Crippen LogP contribution in [0.3, 0.4) is 0 Å². The summed E-state index contributed by atoms with van der Waals surface area (Å²) < 4.78 is 11.6. The minimum Gasteiger partial charge on any atom is -0.493 e. The molecule has 4 unspecified atom stereocenters. The van der Waals surface area contributed by atoms with Crippen molar-refractivity contribution in [2.45, 2.75) is 59.0 Å². The molecule has 4 atom stereocenters. The van der Waals surface area contributed by atoms with Crippen molar-refractivity contribution in [3.8, 4) is 0 Å². The highest BCUT2D eigenvalue weighted by Crippen LogP contribution is 2.59. The summed E-state index contributed by atoms with van der Waals surface area (Å²) in [7, 11) is 0. The number of rotatable bonds is 3. The summed E-state index contributed by atoms with van der Waals surface area (Å²) in [4.78, 5) is 24.1. The Bertz CT molecular complexity index is 812. The third-order valence-electron chi connectivity index (χ3n) is 7.58. The van der Waals surface area contributed by atoms with Crippen molar-refractivity contribution in [2.75, 3.05) is 6.61 Å². The Labute approximate surface area is 167 Å². The van der Waals surface area contributed by atoms with E-state index in [9.17, 15) is 9.59 Å². The lowest BCUT2D eigenvalue weighted by Gasteiger charge is -2.56. The van der Waals surface area contributed by atoms with Crippen molar-refractivity contribution in [3.63, 3.8) is 0 Å². The Balaban J connectivity index is 1.51. The van der Waals surface area contributed by atoms with Crippen LogP contribution in [0.25, 0.3) is 0 Å². The number of hydrogen-bond acceptors (Lipinski definition) is 4. The van der Waals surface area contributed by atoms with E-state index in [1.165, 1.54) is 5.57 Å². The van der Waals surface area contributed by atoms with Crippen LogP contribution in [0.15, 0.2) is 47.8 Å². The molecule has 2 fully saturated rings. The average Bonchev–Trinajstić information content (AvgIpc) is 2.64. The summed E-state index contributed by atoms with van der Waals surface area (Å²) in [6, 6.07) is 0. The molecule has 0 spiro atoms. The standard InChI is InChI=1S/C24H30O4/c1-15-5-9-20-23(2,3)21(25)11-12-24(20,4)18(15)14-27-17-8-6-16-7-10-22(26)28-19(16)13-17/h6-8,13,18-20H,1,5,9-12,14H2,2-4H3. The maximum Gasteiger partial charge on any atom is 0.310 e. The van der Waals surface area contributed by atoms with Gasteiger partial charge in [-0.05, 0) is 42.2 Å². The molecule has 1 heterocycles. The summed E-state index contributed by atoms with van der Waals surface area (Å²) in [6.45, 7) is 11.4. The highest BCUT2D eigenvalue weighted by Gasteiger charge is 2.56. The molecular formula is C24H30O4. The minimum absolute atomic E-state index is 0.0219. The zero-order valence-corrected chi connectivity index (χ0v) is 17.1. The molecule has 4 rings (SSSR count). The van der Waals surface area contributed by atoms with Gasteiger partial charge in [-0.15, -0.1) is 0 Å². The van der Waals surface area contributed by atoms with E-state index in [1.807, 2.05) is 24.3 Å². The number of ketones is 1. The van der Waals surface area contributed by atoms with Gasteiger partial charge in [0.2, 0.25) is 0 Å². The van der Waals surface area contributed by atoms with Crippen molar-refractivity contribution in [2.24, 2.45) is 22.7 Å². The summed E-state index contributed by atoms with van der Waals surface area (Å²) >= 11 is 0. The number of Topliss-reactive ketones (excluding diaryl/α,β-unsaturated/α-hetero) is 1. The molecule has 0 amide bonds. The monoisotopic (exact) mass is 382 g/mol. The summed E-state index contributed by atoms with van der Waals surface area (Å²) in [6.07, 6.45) is 11.2. The molecule has 4 aliphatic rings. The van der Waals surface area contributed by atoms with Crippen molar-refractivity contribution in [3.05, 3.63) is 47.8 Å². The number of hydrogen-bond donors (Lipinski definition) is 0. The summed E-state index contributed by atoms with van der Waals surface area (Å²) in [5, 5.41) is 0. The van der Waals surface area contributed by atoms with E-state index in [0.29, 0.717) is 31.1 Å². The van der Waals surface area contributed by atoms with Gasteiger partial charge < -0.3 is 9.47 Å². The van der Waals surface area contributed by atoms with Gasteiger partial charge in [0, 0.05) is 23.8 Å². The third-order valence-corrected chi connectivity index (χ3v) is 7.58. The van der Waals surface area contributed by atoms with Crippen molar-refractivity contribution in [1.29, 1.82) is 0 Å². The molecule has 2 saturated carbocycles. The van der Waals surface area contributed by atoms with E-state index >= 15 is 0 Å². The van der Waals surface area contributed by atoms with Gasteiger partial charge in [0.05, 0.1) is 13.0 Å². The number of carbonyl (C=O) groups excluding carboxylic acids is 2. The zero-order chi connectivity index (χ0) is 20.1. The molecule has 4 heteroatoms. The second kappa shape index (κ2) is 6.75. The van der Waals surface area contributed by atoms with Crippen molar-refractivity contribution < 1.29 is 19.1 Å². The van der Waals surface area contributed by atoms with Gasteiger partial charge >= 0.3 is 5.97 Å². The van der Waals surface area contributed by atoms with E-state index in [4.69, 9.17) is 9.47 Å². The predicted octanol–water partition coefficient (Wildman–Crippen LogP) is 4.68. The normalized spacial score (nSPS) is 36.7. The molecule has 0 bridgehead atoms. The number of fused-ring (bicyclic) bond motifs is 2. The molecule has 0 aromatic carbocycles. The number of carbonyl (C=O) groups is 2. The molecule has 0 saturated heterocycles. The Morgan fingerprint density at radius 1 is 1.21 bits per heavy atom. The Morgan fingerprint density at radius 2 is 2.00 bits per heavy atom. The second-order valence-electron chi connectivity index (χ2n) is 9.48. The Kier molecular flexibility index (Phi) is 4.64. The quantitative estimate of drug-likeness (QED) is 0.525. The molecule has 0 radical (unpaired) electrons. The van der Waals surface area contributed by atoms with Crippen LogP contribution in [0, 0.1) is 22.7 Å². The van der Waals surface area contributed by atoms with E-state index < -0.39 is 0 Å². The van der Waals surface area contributed by atoms with Crippen LogP contribution in [0.5, 0.6) is 0 Å². The van der Waals surface area contributed by atoms with E-state index in [0.717, 1.165) is 30.6 Å². The van der Waals surface area contributed by atoms with E-state index in [-0.39, 0.29) is 28.8 Å². The predicted molar refractivity (Wildman–Crippen MR) is 107 cm³/mol. The van der Waals surface area contributed by atoms with Gasteiger partial charge in [0.25, 0.3) is 0 Å². The SMILES string of the molecule is C=C1CCC2C(C)(C)C(=O)CCC2(C)C1COC1=CC2OC(=O)CC=C2C=C1. The lowest BCUT2D eigenvalue weighted by atomic mass is 9.47. The highest BCUT2D eigenvalue weighted by atomic mass is 16.5. The number of esters is 1. The lowest BCUT2D eigenvalue weighted by molar-refractivity contribution is -0.147. The van der Waals surface area contributed by atoms with E-state index in [1.54, 1.807) is 0 Å². The smallest absolute Gasteiger partial charge is 0.310 e. The molecule has 3 aliphatic carbocycles. The Morgan fingerprint density at radius 3 is 2.79 bits per heavy atom. The van der Waals surface area contributed by atoms with Crippen LogP contribution in [0.1, 0.15) is 52.9 Å². The largest absolute Gasteiger partial charge is 0.493 e. The second-order valence-corrected chi connectivity index (χ2v) is 9.48. The fourth-order valence-corrected chi connectivity index (χ4v) is 5.81. The maximum atomic E-state index is 12.5. The first-order valence-electron chi connectivity index (χ1n) is 10.3. The lowest BCUT2D eigenvalue weighted by Crippen LogP contribution is -2.54. The van der Waals surface area contributed by atoms with Crippen LogP contribution in [0.4, 0.5) is 0 Å². The summed E-state index contributed by atoms with van der Waals surface area (Å²) in [5.41, 5.74) is 1.97. The van der Waals surface area contributed by atoms with Crippen molar-refractivity contribution in [1.82, 2.24) is 0 Å². The average molecular weight is 383 g/mol. The molecule has 0 N–H and O–H groups in total. The molecule has 28 heavy (non-hydrogen) atoms. The van der Waals surface area contributed by atoms with Crippen LogP contribution in [0.2, 0.25) is 0 Å². The first-order valence-corrected chi connectivity index (χ1v) is 10.3. The third kappa shape index (κ3) is 3.07. The Hall–Kier alpha value is -2.10. The van der Waals surface area contributed by atoms with Gasteiger partial charge in [0.15, 0.2) is 0 Å². The van der Waals surface area contributed by atoms with Gasteiger partial charge in [-0.25, -0.2) is 0 Å². The zero-order valence-electron chi connectivity index (χ0n) is 17.1. The fraction of sp³-hybridized carbons (Fsp3) is 0.583. The molecule has 150 valence electrons. The van der Waals surface area contributed by atoms with Crippen LogP contribution >= 0.6 is 0 Å². The molecule has 0 aromatic rings. The van der Waals surface area contributed by atoms with Crippen molar-refractivity contribution >= 4 is 11.8 Å². The van der Waals surface area contributed by atoms with Gasteiger partial charge in [-0.3, -0.25) is 9.59 Å². The van der Waals surface area contributed by atoms with Gasteiger partial charge in [-0.1, -0.05) is 45.1 Å². The van der Waals surface area contributed by atoms with Crippen LogP contribution in [-0.2, 0) is 19.1 Å². The first kappa shape index (κ1) is 19.2. The number of ether oxygens (including phenoxy) is 2.